The van der Waals surface area contributed by atoms with Gasteiger partial charge in [0.25, 0.3) is 0 Å². The van der Waals surface area contributed by atoms with E-state index in [1.165, 1.54) is 0 Å². The largest absolute Gasteiger partial charge is 0.386 e. The van der Waals surface area contributed by atoms with Crippen LogP contribution in [0.2, 0.25) is 0 Å². The average molecular weight is 395 g/mol. The van der Waals surface area contributed by atoms with Crippen molar-refractivity contribution in [1.82, 2.24) is 9.97 Å². The molecule has 0 N–H and O–H groups in total. The van der Waals surface area contributed by atoms with E-state index in [2.05, 4.69) is 14.9 Å². The Kier molecular flexibility index (Phi) is 4.44. The Morgan fingerprint density at radius 3 is 1.93 bits per heavy atom. The zero-order valence-corrected chi connectivity index (χ0v) is 16.0. The van der Waals surface area contributed by atoms with Crippen LogP contribution in [-0.4, -0.2) is 21.9 Å². The summed E-state index contributed by atoms with van der Waals surface area (Å²) < 4.78 is 4.88. The van der Waals surface area contributed by atoms with Crippen molar-refractivity contribution in [2.24, 2.45) is 0 Å². The van der Waals surface area contributed by atoms with Gasteiger partial charge >= 0.3 is 11.9 Å². The molecule has 0 spiro atoms. The lowest BCUT2D eigenvalue weighted by Gasteiger charge is -2.27. The molecule has 0 aliphatic carbocycles. The Morgan fingerprint density at radius 1 is 0.700 bits per heavy atom. The van der Waals surface area contributed by atoms with Crippen molar-refractivity contribution < 1.29 is 14.3 Å². The molecule has 5 rings (SSSR count). The summed E-state index contributed by atoms with van der Waals surface area (Å²) in [6.45, 7) is 1.10. The monoisotopic (exact) mass is 395 g/mol. The number of benzene rings is 2. The molecule has 0 bridgehead atoms. The first-order valence-corrected chi connectivity index (χ1v) is 9.58. The van der Waals surface area contributed by atoms with Crippen molar-refractivity contribution in [2.45, 2.75) is 13.1 Å². The Balaban J connectivity index is 1.67. The second kappa shape index (κ2) is 7.40. The van der Waals surface area contributed by atoms with E-state index in [-0.39, 0.29) is 0 Å². The first-order valence-electron chi connectivity index (χ1n) is 9.58. The van der Waals surface area contributed by atoms with Crippen LogP contribution >= 0.6 is 0 Å². The van der Waals surface area contributed by atoms with Gasteiger partial charge in [0.2, 0.25) is 0 Å². The number of carbonyl (C=O) groups excluding carboxylic acids is 2. The van der Waals surface area contributed by atoms with Crippen LogP contribution < -0.4 is 4.90 Å². The molecule has 146 valence electrons. The van der Waals surface area contributed by atoms with E-state index in [1.807, 2.05) is 54.6 Å². The van der Waals surface area contributed by atoms with Gasteiger partial charge in [-0.3, -0.25) is 9.97 Å². The van der Waals surface area contributed by atoms with Crippen molar-refractivity contribution in [1.29, 1.82) is 0 Å². The van der Waals surface area contributed by atoms with E-state index in [9.17, 15) is 9.59 Å². The molecule has 0 saturated heterocycles. The lowest BCUT2D eigenvalue weighted by molar-refractivity contribution is 0.0391. The van der Waals surface area contributed by atoms with E-state index in [4.69, 9.17) is 4.74 Å². The van der Waals surface area contributed by atoms with Gasteiger partial charge in [0.15, 0.2) is 0 Å². The number of carbonyl (C=O) groups is 2. The third-order valence-electron chi connectivity index (χ3n) is 5.14. The van der Waals surface area contributed by atoms with Gasteiger partial charge in [-0.05, 0) is 42.5 Å². The van der Waals surface area contributed by atoms with Crippen LogP contribution in [0, 0.1) is 0 Å². The van der Waals surface area contributed by atoms with Crippen molar-refractivity contribution in [3.05, 3.63) is 102 Å². The molecule has 30 heavy (non-hydrogen) atoms. The van der Waals surface area contributed by atoms with Gasteiger partial charge in [0, 0.05) is 28.9 Å². The minimum absolute atomic E-state index is 0.402. The third-order valence-corrected chi connectivity index (χ3v) is 5.14. The summed E-state index contributed by atoms with van der Waals surface area (Å²) in [6.07, 6.45) is 3.53. The quantitative estimate of drug-likeness (QED) is 0.373. The normalized spacial score (nSPS) is 12.7. The Labute approximate surface area is 172 Å². The first-order chi connectivity index (χ1) is 14.7. The molecule has 3 heterocycles. The molecule has 2 aromatic heterocycles. The van der Waals surface area contributed by atoms with Crippen molar-refractivity contribution in [2.75, 3.05) is 4.90 Å². The highest BCUT2D eigenvalue weighted by molar-refractivity contribution is 6.22. The molecule has 4 aromatic rings. The van der Waals surface area contributed by atoms with Crippen LogP contribution in [0.5, 0.6) is 0 Å². The minimum atomic E-state index is -0.615. The Morgan fingerprint density at radius 2 is 1.33 bits per heavy atom. The predicted molar refractivity (Wildman–Crippen MR) is 112 cm³/mol. The van der Waals surface area contributed by atoms with Crippen LogP contribution in [0.15, 0.2) is 79.1 Å². The van der Waals surface area contributed by atoms with Gasteiger partial charge in [0.05, 0.1) is 35.6 Å². The van der Waals surface area contributed by atoms with Crippen LogP contribution in [0.1, 0.15) is 32.1 Å². The smallest absolute Gasteiger partial charge is 0.346 e. The van der Waals surface area contributed by atoms with Crippen molar-refractivity contribution >= 4 is 28.4 Å². The molecule has 0 radical (unpaired) electrons. The van der Waals surface area contributed by atoms with Gasteiger partial charge in [-0.1, -0.05) is 24.3 Å². The summed E-state index contributed by atoms with van der Waals surface area (Å²) in [6, 6.07) is 20.6. The lowest BCUT2D eigenvalue weighted by Crippen LogP contribution is -2.25. The van der Waals surface area contributed by atoms with Crippen LogP contribution in [0.25, 0.3) is 10.8 Å². The third kappa shape index (κ3) is 3.18. The molecule has 0 fully saturated rings. The second-order valence-corrected chi connectivity index (χ2v) is 7.04. The van der Waals surface area contributed by atoms with Crippen LogP contribution in [0.4, 0.5) is 5.69 Å². The number of hydrogen-bond acceptors (Lipinski definition) is 6. The fourth-order valence-corrected chi connectivity index (χ4v) is 3.80. The molecule has 0 saturated carbocycles. The minimum Gasteiger partial charge on any atom is -0.386 e. The van der Waals surface area contributed by atoms with Crippen molar-refractivity contribution in [3.8, 4) is 0 Å². The number of rotatable bonds is 5. The summed E-state index contributed by atoms with van der Waals surface area (Å²) in [7, 11) is 0. The van der Waals surface area contributed by atoms with E-state index < -0.39 is 11.9 Å². The molecule has 0 amide bonds. The molecule has 6 nitrogen and oxygen atoms in total. The maximum Gasteiger partial charge on any atom is 0.346 e. The zero-order valence-electron chi connectivity index (χ0n) is 16.0. The summed E-state index contributed by atoms with van der Waals surface area (Å²) in [5.74, 6) is -1.23. The summed E-state index contributed by atoms with van der Waals surface area (Å²) >= 11 is 0. The Hall–Kier alpha value is -4.06. The highest BCUT2D eigenvalue weighted by Gasteiger charge is 2.28. The Bertz CT molecular complexity index is 1200. The van der Waals surface area contributed by atoms with Gasteiger partial charge in [-0.2, -0.15) is 0 Å². The standard InChI is InChI=1S/C24H17N3O3/c28-23-19-9-5-8-18-21(11-10-20(22(18)19)24(29)30-23)27(14-16-6-1-3-12-25-16)15-17-7-2-4-13-26-17/h1-13H,14-15H2. The lowest BCUT2D eigenvalue weighted by atomic mass is 9.95. The number of ether oxygens (including phenoxy) is 1. The maximum atomic E-state index is 12.3. The number of hydrogen-bond donors (Lipinski definition) is 0. The fraction of sp³-hybridized carbons (Fsp3) is 0.0833. The maximum absolute atomic E-state index is 12.3. The van der Waals surface area contributed by atoms with E-state index in [0.717, 1.165) is 22.5 Å². The summed E-state index contributed by atoms with van der Waals surface area (Å²) in [4.78, 5) is 35.6. The van der Waals surface area contributed by atoms with E-state index in [0.29, 0.717) is 29.6 Å². The molecular formula is C24H17N3O3. The number of pyridine rings is 2. The van der Waals surface area contributed by atoms with Crippen LogP contribution in [-0.2, 0) is 17.8 Å². The molecule has 6 heteroatoms. The zero-order chi connectivity index (χ0) is 20.5. The van der Waals surface area contributed by atoms with Gasteiger partial charge in [-0.15, -0.1) is 0 Å². The first kappa shape index (κ1) is 18.0. The fourth-order valence-electron chi connectivity index (χ4n) is 3.80. The van der Waals surface area contributed by atoms with Crippen molar-refractivity contribution in [3.63, 3.8) is 0 Å². The molecule has 2 aromatic carbocycles. The summed E-state index contributed by atoms with van der Waals surface area (Å²) in [5.41, 5.74) is 3.52. The van der Waals surface area contributed by atoms with E-state index in [1.54, 1.807) is 24.5 Å². The predicted octanol–water partition coefficient (Wildman–Crippen LogP) is 4.15. The number of nitrogens with zero attached hydrogens (tertiary/aromatic N) is 3. The highest BCUT2D eigenvalue weighted by atomic mass is 16.6. The molecule has 1 aliphatic rings. The number of cyclic esters (lactones) is 2. The number of aromatic nitrogens is 2. The van der Waals surface area contributed by atoms with Crippen LogP contribution in [0.3, 0.4) is 0 Å². The summed E-state index contributed by atoms with van der Waals surface area (Å²) in [5, 5.41) is 1.45. The average Bonchev–Trinajstić information content (AvgIpc) is 2.78. The number of esters is 2. The van der Waals surface area contributed by atoms with Gasteiger partial charge in [-0.25, -0.2) is 9.59 Å². The molecule has 0 unspecified atom stereocenters. The molecular weight excluding hydrogens is 378 g/mol. The highest BCUT2D eigenvalue weighted by Crippen LogP contribution is 2.36. The van der Waals surface area contributed by atoms with E-state index >= 15 is 0 Å². The molecule has 0 atom stereocenters. The SMILES string of the molecule is O=C1OC(=O)c2ccc(N(Cc3ccccn3)Cc3ccccn3)c3cccc1c23. The second-order valence-electron chi connectivity index (χ2n) is 7.04. The topological polar surface area (TPSA) is 72.4 Å². The number of anilines is 1. The van der Waals surface area contributed by atoms with Gasteiger partial charge < -0.3 is 9.64 Å². The van der Waals surface area contributed by atoms with Gasteiger partial charge in [0.1, 0.15) is 0 Å². The molecule has 1 aliphatic heterocycles.